The summed E-state index contributed by atoms with van der Waals surface area (Å²) in [5.74, 6) is 0. The molecule has 0 saturated heterocycles. The van der Waals surface area contributed by atoms with E-state index in [4.69, 9.17) is 4.99 Å². The minimum absolute atomic E-state index is 0.203. The van der Waals surface area contributed by atoms with E-state index in [1.54, 1.807) is 0 Å². The molecule has 4 heteroatoms. The van der Waals surface area contributed by atoms with Crippen molar-refractivity contribution in [3.63, 3.8) is 0 Å². The largest absolute Gasteiger partial charge is 0.229 e. The maximum absolute atomic E-state index is 4.75. The van der Waals surface area contributed by atoms with Crippen molar-refractivity contribution in [2.24, 2.45) is 4.99 Å². The molecule has 0 fully saturated rings. The molecule has 0 aliphatic rings. The molecular weight excluding hydrogens is 248 g/mol. The van der Waals surface area contributed by atoms with Crippen molar-refractivity contribution >= 4 is 16.6 Å². The van der Waals surface area contributed by atoms with Crippen LogP contribution in [0.25, 0.3) is 10.9 Å². The van der Waals surface area contributed by atoms with Gasteiger partial charge in [-0.1, -0.05) is 35.5 Å². The number of para-hydroxylation sites is 1. The molecule has 3 rings (SSSR count). The van der Waals surface area contributed by atoms with E-state index >= 15 is 0 Å². The minimum atomic E-state index is 0.203. The molecule has 1 heterocycles. The van der Waals surface area contributed by atoms with Crippen LogP contribution in [0.4, 0.5) is 5.69 Å². The highest BCUT2D eigenvalue weighted by Gasteiger charge is 2.06. The molecule has 4 nitrogen and oxygen atoms in total. The molecule has 1 aromatic heterocycles. The van der Waals surface area contributed by atoms with Gasteiger partial charge < -0.3 is 0 Å². The first-order valence-corrected chi connectivity index (χ1v) is 6.70. The van der Waals surface area contributed by atoms with Crippen molar-refractivity contribution in [3.8, 4) is 0 Å². The fourth-order valence-corrected chi connectivity index (χ4v) is 2.10. The van der Waals surface area contributed by atoms with Crippen LogP contribution < -0.4 is 5.49 Å². The van der Waals surface area contributed by atoms with Gasteiger partial charge in [-0.2, -0.15) is 0 Å². The Morgan fingerprint density at radius 3 is 2.40 bits per heavy atom. The molecule has 0 saturated carbocycles. The van der Waals surface area contributed by atoms with Crippen LogP contribution in [0, 0.1) is 0 Å². The highest BCUT2D eigenvalue weighted by molar-refractivity contribution is 5.76. The summed E-state index contributed by atoms with van der Waals surface area (Å²) in [7, 11) is 0. The van der Waals surface area contributed by atoms with Crippen LogP contribution in [0.2, 0.25) is 0 Å². The molecule has 3 aromatic rings. The van der Waals surface area contributed by atoms with Crippen LogP contribution in [-0.2, 0) is 0 Å². The molecule has 0 aliphatic heterocycles. The van der Waals surface area contributed by atoms with Crippen molar-refractivity contribution in [1.29, 1.82) is 0 Å². The topological polar surface area (TPSA) is 43.1 Å². The first-order valence-electron chi connectivity index (χ1n) is 6.70. The number of hydrogen-bond donors (Lipinski definition) is 0. The smallest absolute Gasteiger partial charge is 0.160 e. The Kier molecular flexibility index (Phi) is 3.29. The Labute approximate surface area is 117 Å². The Morgan fingerprint density at radius 2 is 1.65 bits per heavy atom. The van der Waals surface area contributed by atoms with E-state index < -0.39 is 0 Å². The van der Waals surface area contributed by atoms with Crippen LogP contribution in [0.1, 0.15) is 19.9 Å². The quantitative estimate of drug-likeness (QED) is 0.713. The molecule has 0 spiro atoms. The maximum atomic E-state index is 4.75. The Balaban J connectivity index is 2.36. The summed E-state index contributed by atoms with van der Waals surface area (Å²) in [5.41, 5.74) is 2.62. The van der Waals surface area contributed by atoms with Crippen LogP contribution in [0.3, 0.4) is 0 Å². The highest BCUT2D eigenvalue weighted by Crippen LogP contribution is 2.11. The SMILES string of the molecule is CC(C)n1nnc2ccccc2c1=Nc1ccccc1. The molecule has 0 radical (unpaired) electrons. The van der Waals surface area contributed by atoms with E-state index in [9.17, 15) is 0 Å². The Hall–Kier alpha value is -2.49. The zero-order chi connectivity index (χ0) is 13.9. The number of benzene rings is 2. The lowest BCUT2D eigenvalue weighted by Gasteiger charge is -2.10. The monoisotopic (exact) mass is 264 g/mol. The third-order valence-electron chi connectivity index (χ3n) is 3.09. The average molecular weight is 264 g/mol. The zero-order valence-electron chi connectivity index (χ0n) is 11.6. The van der Waals surface area contributed by atoms with Crippen molar-refractivity contribution < 1.29 is 0 Å². The van der Waals surface area contributed by atoms with Gasteiger partial charge in [0.2, 0.25) is 0 Å². The third-order valence-corrected chi connectivity index (χ3v) is 3.09. The molecule has 0 unspecified atom stereocenters. The van der Waals surface area contributed by atoms with E-state index in [1.807, 2.05) is 59.3 Å². The predicted octanol–water partition coefficient (Wildman–Crippen LogP) is 3.24. The van der Waals surface area contributed by atoms with Gasteiger partial charge in [0, 0.05) is 5.39 Å². The lowest BCUT2D eigenvalue weighted by Crippen LogP contribution is -2.27. The highest BCUT2D eigenvalue weighted by atomic mass is 15.4. The molecule has 0 aliphatic carbocycles. The number of rotatable bonds is 2. The third kappa shape index (κ3) is 2.32. The van der Waals surface area contributed by atoms with E-state index in [2.05, 4.69) is 24.2 Å². The fourth-order valence-electron chi connectivity index (χ4n) is 2.10. The molecule has 100 valence electrons. The molecule has 2 aromatic carbocycles. The summed E-state index contributed by atoms with van der Waals surface area (Å²) in [6.07, 6.45) is 0. The second-order valence-corrected chi connectivity index (χ2v) is 4.92. The average Bonchev–Trinajstić information content (AvgIpc) is 2.48. The summed E-state index contributed by atoms with van der Waals surface area (Å²) in [6, 6.07) is 18.1. The number of aromatic nitrogens is 3. The van der Waals surface area contributed by atoms with Gasteiger partial charge in [0.1, 0.15) is 0 Å². The van der Waals surface area contributed by atoms with Gasteiger partial charge >= 0.3 is 0 Å². The molecule has 0 amide bonds. The zero-order valence-corrected chi connectivity index (χ0v) is 11.6. The summed E-state index contributed by atoms with van der Waals surface area (Å²) < 4.78 is 1.86. The maximum Gasteiger partial charge on any atom is 0.160 e. The van der Waals surface area contributed by atoms with Crippen LogP contribution in [-0.4, -0.2) is 15.0 Å². The Morgan fingerprint density at radius 1 is 0.950 bits per heavy atom. The molecular formula is C16H16N4. The molecule has 0 bridgehead atoms. The van der Waals surface area contributed by atoms with Gasteiger partial charge in [-0.15, -0.1) is 5.10 Å². The molecule has 20 heavy (non-hydrogen) atoms. The number of nitrogens with zero attached hydrogens (tertiary/aromatic N) is 4. The van der Waals surface area contributed by atoms with Gasteiger partial charge in [0.25, 0.3) is 0 Å². The lowest BCUT2D eigenvalue weighted by atomic mass is 10.2. The number of fused-ring (bicyclic) bond motifs is 1. The van der Waals surface area contributed by atoms with E-state index in [1.165, 1.54) is 0 Å². The van der Waals surface area contributed by atoms with Crippen molar-refractivity contribution in [1.82, 2.24) is 15.0 Å². The van der Waals surface area contributed by atoms with Crippen molar-refractivity contribution in [3.05, 3.63) is 60.1 Å². The van der Waals surface area contributed by atoms with Gasteiger partial charge in [0.05, 0.1) is 17.2 Å². The standard InChI is InChI=1S/C16H16N4/c1-12(2)20-16(17-13-8-4-3-5-9-13)14-10-6-7-11-15(14)18-19-20/h3-12H,1-2H3. The van der Waals surface area contributed by atoms with E-state index in [-0.39, 0.29) is 6.04 Å². The second kappa shape index (κ2) is 5.25. The Bertz CT molecular complexity index is 788. The van der Waals surface area contributed by atoms with Gasteiger partial charge in [-0.3, -0.25) is 0 Å². The summed E-state index contributed by atoms with van der Waals surface area (Å²) >= 11 is 0. The van der Waals surface area contributed by atoms with Gasteiger partial charge in [0.15, 0.2) is 5.49 Å². The molecule has 0 N–H and O–H groups in total. The van der Waals surface area contributed by atoms with E-state index in [0.717, 1.165) is 22.1 Å². The normalized spacial score (nSPS) is 12.2. The van der Waals surface area contributed by atoms with Crippen molar-refractivity contribution in [2.75, 3.05) is 0 Å². The van der Waals surface area contributed by atoms with E-state index in [0.29, 0.717) is 0 Å². The predicted molar refractivity (Wildman–Crippen MR) is 79.6 cm³/mol. The molecule has 0 atom stereocenters. The first kappa shape index (κ1) is 12.5. The number of hydrogen-bond acceptors (Lipinski definition) is 3. The first-order chi connectivity index (χ1) is 9.75. The summed E-state index contributed by atoms with van der Waals surface area (Å²) in [5, 5.41) is 9.55. The summed E-state index contributed by atoms with van der Waals surface area (Å²) in [4.78, 5) is 4.75. The fraction of sp³-hybridized carbons (Fsp3) is 0.188. The van der Waals surface area contributed by atoms with Gasteiger partial charge in [-0.05, 0) is 38.1 Å². The van der Waals surface area contributed by atoms with Gasteiger partial charge in [-0.25, -0.2) is 9.67 Å². The van der Waals surface area contributed by atoms with Crippen LogP contribution in [0.15, 0.2) is 59.6 Å². The summed E-state index contributed by atoms with van der Waals surface area (Å²) in [6.45, 7) is 4.15. The minimum Gasteiger partial charge on any atom is -0.229 e. The lowest BCUT2D eigenvalue weighted by molar-refractivity contribution is 0.476. The second-order valence-electron chi connectivity index (χ2n) is 4.92. The van der Waals surface area contributed by atoms with Crippen molar-refractivity contribution in [2.45, 2.75) is 19.9 Å². The van der Waals surface area contributed by atoms with Crippen LogP contribution >= 0.6 is 0 Å². The van der Waals surface area contributed by atoms with Crippen LogP contribution in [0.5, 0.6) is 0 Å².